The van der Waals surface area contributed by atoms with Crippen molar-refractivity contribution in [2.24, 2.45) is 0 Å². The topological polar surface area (TPSA) is 72.4 Å². The van der Waals surface area contributed by atoms with Crippen molar-refractivity contribution in [2.75, 3.05) is 24.5 Å². The zero-order chi connectivity index (χ0) is 15.0. The van der Waals surface area contributed by atoms with Gasteiger partial charge in [0.25, 0.3) is 0 Å². The Hall–Kier alpha value is -1.73. The second kappa shape index (κ2) is 5.57. The molecule has 1 aliphatic heterocycles. The maximum absolute atomic E-state index is 10.8. The zero-order valence-electron chi connectivity index (χ0n) is 12.0. The van der Waals surface area contributed by atoms with Crippen molar-refractivity contribution in [2.45, 2.75) is 25.9 Å². The number of carboxylic acid groups (broad SMARTS) is 1. The second-order valence-electron chi connectivity index (χ2n) is 5.51. The van der Waals surface area contributed by atoms with E-state index in [4.69, 9.17) is 0 Å². The molecule has 7 heteroatoms. The summed E-state index contributed by atoms with van der Waals surface area (Å²) in [6.07, 6.45) is 1.60. The molecular weight excluding hydrogens is 288 g/mol. The average Bonchev–Trinajstić information content (AvgIpc) is 2.86. The normalized spacial score (nSPS) is 23.6. The molecule has 3 rings (SSSR count). The maximum Gasteiger partial charge on any atom is 0.141 e. The van der Waals surface area contributed by atoms with E-state index in [-0.39, 0.29) is 18.6 Å². The Morgan fingerprint density at radius 3 is 2.76 bits per heavy atom. The van der Waals surface area contributed by atoms with Crippen LogP contribution in [-0.2, 0) is 4.79 Å². The van der Waals surface area contributed by atoms with Gasteiger partial charge in [0.15, 0.2) is 0 Å². The van der Waals surface area contributed by atoms with Gasteiger partial charge in [0.05, 0.1) is 11.4 Å². The van der Waals surface area contributed by atoms with Crippen LogP contribution in [0.25, 0.3) is 10.2 Å². The van der Waals surface area contributed by atoms with E-state index >= 15 is 0 Å². The fraction of sp³-hybridized carbons (Fsp3) is 0.500. The van der Waals surface area contributed by atoms with E-state index in [1.165, 1.54) is 0 Å². The molecule has 2 aromatic rings. The lowest BCUT2D eigenvalue weighted by molar-refractivity contribution is -0.306. The zero-order valence-corrected chi connectivity index (χ0v) is 12.8. The van der Waals surface area contributed by atoms with E-state index in [9.17, 15) is 9.90 Å². The number of aliphatic carboxylic acids is 1. The van der Waals surface area contributed by atoms with Crippen LogP contribution < -0.4 is 10.0 Å². The Kier molecular flexibility index (Phi) is 3.77. The molecule has 112 valence electrons. The summed E-state index contributed by atoms with van der Waals surface area (Å²) in [5.74, 6) is -0.0838. The molecule has 0 radical (unpaired) electrons. The smallest absolute Gasteiger partial charge is 0.141 e. The SMILES string of the molecule is CC1CN(CC(=O)[O-])CC(C)N1c1ncnc2sccc12. The number of fused-ring (bicyclic) bond motifs is 1. The molecular formula is C14H17N4O2S-. The van der Waals surface area contributed by atoms with Gasteiger partial charge in [-0.2, -0.15) is 0 Å². The number of piperazine rings is 1. The number of rotatable bonds is 3. The van der Waals surface area contributed by atoms with Gasteiger partial charge in [0, 0.05) is 31.7 Å². The van der Waals surface area contributed by atoms with Crippen molar-refractivity contribution in [1.82, 2.24) is 14.9 Å². The van der Waals surface area contributed by atoms with E-state index in [0.717, 1.165) is 16.0 Å². The number of aromatic nitrogens is 2. The molecule has 0 saturated carbocycles. The summed E-state index contributed by atoms with van der Waals surface area (Å²) in [7, 11) is 0. The summed E-state index contributed by atoms with van der Waals surface area (Å²) in [5.41, 5.74) is 0. The first-order valence-electron chi connectivity index (χ1n) is 6.95. The number of nitrogens with zero attached hydrogens (tertiary/aromatic N) is 4. The van der Waals surface area contributed by atoms with E-state index in [1.807, 2.05) is 16.3 Å². The number of carbonyl (C=O) groups is 1. The van der Waals surface area contributed by atoms with Crippen LogP contribution in [0.5, 0.6) is 0 Å². The molecule has 0 aliphatic carbocycles. The summed E-state index contributed by atoms with van der Waals surface area (Å²) < 4.78 is 0. The molecule has 1 aliphatic rings. The number of hydrogen-bond donors (Lipinski definition) is 0. The first kappa shape index (κ1) is 14.2. The molecule has 0 N–H and O–H groups in total. The quantitative estimate of drug-likeness (QED) is 0.814. The highest BCUT2D eigenvalue weighted by atomic mass is 32.1. The molecule has 2 unspecified atom stereocenters. The molecule has 3 heterocycles. The fourth-order valence-corrected chi connectivity index (χ4v) is 3.87. The van der Waals surface area contributed by atoms with Crippen molar-refractivity contribution in [1.29, 1.82) is 0 Å². The van der Waals surface area contributed by atoms with Crippen molar-refractivity contribution in [3.8, 4) is 0 Å². The van der Waals surface area contributed by atoms with Crippen molar-refractivity contribution >= 4 is 33.3 Å². The largest absolute Gasteiger partial charge is 0.549 e. The van der Waals surface area contributed by atoms with Gasteiger partial charge >= 0.3 is 0 Å². The van der Waals surface area contributed by atoms with Crippen LogP contribution >= 0.6 is 11.3 Å². The van der Waals surface area contributed by atoms with Crippen molar-refractivity contribution < 1.29 is 9.90 Å². The van der Waals surface area contributed by atoms with E-state index < -0.39 is 5.97 Å². The van der Waals surface area contributed by atoms with Crippen molar-refractivity contribution in [3.63, 3.8) is 0 Å². The van der Waals surface area contributed by atoms with Crippen molar-refractivity contribution in [3.05, 3.63) is 17.8 Å². The third-order valence-corrected chi connectivity index (χ3v) is 4.65. The van der Waals surface area contributed by atoms with Gasteiger partial charge in [-0.05, 0) is 25.3 Å². The Morgan fingerprint density at radius 1 is 1.38 bits per heavy atom. The maximum atomic E-state index is 10.8. The van der Waals surface area contributed by atoms with E-state index in [0.29, 0.717) is 13.1 Å². The van der Waals surface area contributed by atoms with E-state index in [2.05, 4.69) is 28.7 Å². The highest BCUT2D eigenvalue weighted by Crippen LogP contribution is 2.31. The lowest BCUT2D eigenvalue weighted by atomic mass is 10.1. The Labute approximate surface area is 127 Å². The Balaban J connectivity index is 1.89. The first-order chi connectivity index (χ1) is 10.1. The van der Waals surface area contributed by atoms with Crippen LogP contribution in [0.15, 0.2) is 17.8 Å². The standard InChI is InChI=1S/C14H18N4O2S/c1-9-5-17(7-12(19)20)6-10(2)18(9)13-11-3-4-21-14(11)16-8-15-13/h3-4,8-10H,5-7H2,1-2H3,(H,19,20)/p-1. The summed E-state index contributed by atoms with van der Waals surface area (Å²) >= 11 is 1.60. The van der Waals surface area contributed by atoms with E-state index in [1.54, 1.807) is 17.7 Å². The van der Waals surface area contributed by atoms with Crippen LogP contribution in [0.1, 0.15) is 13.8 Å². The van der Waals surface area contributed by atoms with Crippen LogP contribution in [0, 0.1) is 0 Å². The molecule has 1 saturated heterocycles. The minimum absolute atomic E-state index is 0.0137. The fourth-order valence-electron chi connectivity index (χ4n) is 3.14. The van der Waals surface area contributed by atoms with Crippen LogP contribution in [0.2, 0.25) is 0 Å². The highest BCUT2D eigenvalue weighted by Gasteiger charge is 2.31. The van der Waals surface area contributed by atoms with Crippen LogP contribution in [0.3, 0.4) is 0 Å². The Morgan fingerprint density at radius 2 is 2.10 bits per heavy atom. The number of anilines is 1. The first-order valence-corrected chi connectivity index (χ1v) is 7.83. The molecule has 6 nitrogen and oxygen atoms in total. The van der Waals surface area contributed by atoms with Gasteiger partial charge in [-0.1, -0.05) is 0 Å². The predicted molar refractivity (Wildman–Crippen MR) is 80.3 cm³/mol. The van der Waals surface area contributed by atoms with Gasteiger partial charge < -0.3 is 14.8 Å². The Bertz CT molecular complexity index is 647. The summed E-state index contributed by atoms with van der Waals surface area (Å²) in [4.78, 5) is 24.7. The van der Waals surface area contributed by atoms with Crippen LogP contribution in [0.4, 0.5) is 5.82 Å². The van der Waals surface area contributed by atoms with Gasteiger partial charge in [-0.15, -0.1) is 11.3 Å². The molecule has 0 aromatic carbocycles. The lowest BCUT2D eigenvalue weighted by Crippen LogP contribution is -2.58. The third-order valence-electron chi connectivity index (χ3n) is 3.83. The predicted octanol–water partition coefficient (Wildman–Crippen LogP) is 0.340. The number of hydrogen-bond acceptors (Lipinski definition) is 7. The third kappa shape index (κ3) is 2.71. The monoisotopic (exact) mass is 305 g/mol. The molecule has 1 fully saturated rings. The summed E-state index contributed by atoms with van der Waals surface area (Å²) in [6.45, 7) is 5.55. The minimum atomic E-state index is -1.02. The summed E-state index contributed by atoms with van der Waals surface area (Å²) in [5, 5.41) is 13.9. The summed E-state index contributed by atoms with van der Waals surface area (Å²) in [6, 6.07) is 2.42. The second-order valence-corrected chi connectivity index (χ2v) is 6.40. The molecule has 2 atom stereocenters. The van der Waals surface area contributed by atoms with Gasteiger partial charge in [0.2, 0.25) is 0 Å². The molecule has 21 heavy (non-hydrogen) atoms. The molecule has 2 aromatic heterocycles. The van der Waals surface area contributed by atoms with Gasteiger partial charge in [-0.3, -0.25) is 4.90 Å². The minimum Gasteiger partial charge on any atom is -0.549 e. The number of carbonyl (C=O) groups excluding carboxylic acids is 1. The molecule has 0 spiro atoms. The van der Waals surface area contributed by atoms with Gasteiger partial charge in [0.1, 0.15) is 17.0 Å². The number of carboxylic acids is 1. The highest BCUT2D eigenvalue weighted by molar-refractivity contribution is 7.16. The van der Waals surface area contributed by atoms with Crippen LogP contribution in [-0.4, -0.2) is 52.6 Å². The molecule has 0 bridgehead atoms. The molecule has 0 amide bonds. The average molecular weight is 305 g/mol. The number of thiophene rings is 1. The lowest BCUT2D eigenvalue weighted by Gasteiger charge is -2.45. The van der Waals surface area contributed by atoms with Gasteiger partial charge in [-0.25, -0.2) is 9.97 Å².